The molecule has 4 nitrogen and oxygen atoms in total. The minimum absolute atomic E-state index is 0.333. The highest BCUT2D eigenvalue weighted by atomic mass is 19.3. The number of nitrogens with zero attached hydrogens (tertiary/aromatic N) is 2. The highest BCUT2D eigenvalue weighted by molar-refractivity contribution is 5.93. The number of halogens is 2. The largest absolute Gasteiger partial charge is 0.354 e. The maximum Gasteiger partial charge on any atom is 0.282 e. The molecule has 0 saturated heterocycles. The van der Waals surface area contributed by atoms with Crippen molar-refractivity contribution in [3.8, 4) is 0 Å². The summed E-state index contributed by atoms with van der Waals surface area (Å²) in [5.74, 6) is -0.664. The molecule has 1 rings (SSSR count). The molecule has 6 heteroatoms. The Hall–Kier alpha value is -1.59. The molecule has 0 aliphatic rings. The van der Waals surface area contributed by atoms with Crippen molar-refractivity contribution in [2.45, 2.75) is 6.43 Å². The number of aromatic nitrogens is 2. The van der Waals surface area contributed by atoms with Crippen molar-refractivity contribution >= 4 is 5.91 Å². The van der Waals surface area contributed by atoms with E-state index < -0.39 is 18.0 Å². The number of hydrogen-bond donors (Lipinski definition) is 1. The fraction of sp³-hybridized carbons (Fsp3) is 0.286. The van der Waals surface area contributed by atoms with E-state index in [-0.39, 0.29) is 5.69 Å². The van der Waals surface area contributed by atoms with Gasteiger partial charge in [-0.15, -0.1) is 0 Å². The zero-order valence-corrected chi connectivity index (χ0v) is 6.79. The molecular weight excluding hydrogens is 180 g/mol. The summed E-state index contributed by atoms with van der Waals surface area (Å²) in [6.45, 7) is 0. The molecule has 0 aliphatic heterocycles. The minimum atomic E-state index is -2.79. The molecule has 0 spiro atoms. The fourth-order valence-corrected chi connectivity index (χ4v) is 0.802. The first-order valence-electron chi connectivity index (χ1n) is 3.48. The molecule has 1 N–H and O–H groups in total. The number of carbonyl (C=O) groups excluding carboxylic acids is 1. The van der Waals surface area contributed by atoms with Gasteiger partial charge in [0.2, 0.25) is 0 Å². The fourth-order valence-electron chi connectivity index (χ4n) is 0.802. The smallest absolute Gasteiger partial charge is 0.282 e. The third kappa shape index (κ3) is 1.95. The molecule has 70 valence electrons. The van der Waals surface area contributed by atoms with Gasteiger partial charge in [0.15, 0.2) is 5.69 Å². The monoisotopic (exact) mass is 187 g/mol. The first-order valence-corrected chi connectivity index (χ1v) is 3.48. The Morgan fingerprint density at radius 1 is 1.46 bits per heavy atom. The second kappa shape index (κ2) is 3.88. The molecule has 0 aliphatic carbocycles. The maximum absolute atomic E-state index is 12.2. The van der Waals surface area contributed by atoms with Crippen molar-refractivity contribution in [3.05, 3.63) is 23.8 Å². The Kier molecular flexibility index (Phi) is 2.84. The van der Waals surface area contributed by atoms with Gasteiger partial charge in [0.05, 0.1) is 0 Å². The van der Waals surface area contributed by atoms with E-state index in [2.05, 4.69) is 15.3 Å². The molecular formula is C7H7F2N3O. The molecule has 1 heterocycles. The van der Waals surface area contributed by atoms with E-state index in [0.29, 0.717) is 0 Å². The van der Waals surface area contributed by atoms with Gasteiger partial charge in [-0.05, 0) is 0 Å². The van der Waals surface area contributed by atoms with Crippen molar-refractivity contribution in [3.63, 3.8) is 0 Å². The van der Waals surface area contributed by atoms with Crippen molar-refractivity contribution < 1.29 is 13.6 Å². The Labute approximate surface area is 73.0 Å². The number of carbonyl (C=O) groups is 1. The van der Waals surface area contributed by atoms with E-state index >= 15 is 0 Å². The Morgan fingerprint density at radius 3 is 2.62 bits per heavy atom. The summed E-state index contributed by atoms with van der Waals surface area (Å²) in [6, 6.07) is 0. The normalized spacial score (nSPS) is 10.2. The lowest BCUT2D eigenvalue weighted by atomic mass is 10.3. The summed E-state index contributed by atoms with van der Waals surface area (Å²) in [6.07, 6.45) is -0.481. The van der Waals surface area contributed by atoms with Crippen molar-refractivity contribution in [2.75, 3.05) is 7.05 Å². The zero-order valence-electron chi connectivity index (χ0n) is 6.79. The van der Waals surface area contributed by atoms with Crippen LogP contribution in [0.1, 0.15) is 22.6 Å². The quantitative estimate of drug-likeness (QED) is 0.744. The van der Waals surface area contributed by atoms with Crippen LogP contribution in [-0.2, 0) is 0 Å². The summed E-state index contributed by atoms with van der Waals surface area (Å²) in [7, 11) is 1.34. The molecule has 0 bridgehead atoms. The molecule has 0 saturated carbocycles. The van der Waals surface area contributed by atoms with Gasteiger partial charge in [-0.25, -0.2) is 13.8 Å². The van der Waals surface area contributed by atoms with Crippen LogP contribution in [-0.4, -0.2) is 22.9 Å². The number of nitrogens with one attached hydrogen (secondary N) is 1. The second-order valence-corrected chi connectivity index (χ2v) is 2.17. The number of hydrogen-bond acceptors (Lipinski definition) is 3. The standard InChI is InChI=1S/C7H7F2N3O/c1-10-7(13)5-4(6(8)9)11-2-3-12-5/h2-3,6H,1H3,(H,10,13). The molecule has 0 aromatic carbocycles. The summed E-state index contributed by atoms with van der Waals surface area (Å²) in [5.41, 5.74) is -0.929. The topological polar surface area (TPSA) is 54.9 Å². The van der Waals surface area contributed by atoms with Gasteiger partial charge in [0.25, 0.3) is 12.3 Å². The Bertz CT molecular complexity index is 316. The molecule has 13 heavy (non-hydrogen) atoms. The number of rotatable bonds is 2. The second-order valence-electron chi connectivity index (χ2n) is 2.17. The molecule has 1 aromatic heterocycles. The van der Waals surface area contributed by atoms with Crippen molar-refractivity contribution in [1.82, 2.24) is 15.3 Å². The van der Waals surface area contributed by atoms with Crippen LogP contribution in [0.25, 0.3) is 0 Å². The van der Waals surface area contributed by atoms with Gasteiger partial charge >= 0.3 is 0 Å². The van der Waals surface area contributed by atoms with Gasteiger partial charge in [0.1, 0.15) is 5.69 Å². The van der Waals surface area contributed by atoms with Crippen LogP contribution in [0.3, 0.4) is 0 Å². The van der Waals surface area contributed by atoms with Crippen LogP contribution in [0.2, 0.25) is 0 Å². The van der Waals surface area contributed by atoms with E-state index in [1.54, 1.807) is 0 Å². The van der Waals surface area contributed by atoms with E-state index in [0.717, 1.165) is 6.20 Å². The van der Waals surface area contributed by atoms with Gasteiger partial charge in [-0.1, -0.05) is 0 Å². The Balaban J connectivity index is 3.12. The highest BCUT2D eigenvalue weighted by Gasteiger charge is 2.19. The molecule has 0 radical (unpaired) electrons. The van der Waals surface area contributed by atoms with Crippen LogP contribution >= 0.6 is 0 Å². The van der Waals surface area contributed by atoms with Crippen LogP contribution in [0.15, 0.2) is 12.4 Å². The molecule has 1 aromatic rings. The van der Waals surface area contributed by atoms with E-state index in [1.807, 2.05) is 0 Å². The van der Waals surface area contributed by atoms with E-state index in [1.165, 1.54) is 13.2 Å². The van der Waals surface area contributed by atoms with Gasteiger partial charge < -0.3 is 5.32 Å². The lowest BCUT2D eigenvalue weighted by Gasteiger charge is -2.03. The van der Waals surface area contributed by atoms with Crippen LogP contribution < -0.4 is 5.32 Å². The molecule has 0 atom stereocenters. The average molecular weight is 187 g/mol. The summed E-state index contributed by atoms with van der Waals surface area (Å²) >= 11 is 0. The van der Waals surface area contributed by atoms with Crippen LogP contribution in [0.5, 0.6) is 0 Å². The third-order valence-corrected chi connectivity index (χ3v) is 1.38. The minimum Gasteiger partial charge on any atom is -0.354 e. The zero-order chi connectivity index (χ0) is 9.84. The number of amides is 1. The average Bonchev–Trinajstić information content (AvgIpc) is 2.16. The summed E-state index contributed by atoms with van der Waals surface area (Å²) < 4.78 is 24.5. The SMILES string of the molecule is CNC(=O)c1nccnc1C(F)F. The van der Waals surface area contributed by atoms with Crippen LogP contribution in [0.4, 0.5) is 8.78 Å². The maximum atomic E-state index is 12.2. The highest BCUT2D eigenvalue weighted by Crippen LogP contribution is 2.18. The summed E-state index contributed by atoms with van der Waals surface area (Å²) in [4.78, 5) is 17.9. The first kappa shape index (κ1) is 9.50. The Morgan fingerprint density at radius 2 is 2.08 bits per heavy atom. The van der Waals surface area contributed by atoms with E-state index in [4.69, 9.17) is 0 Å². The number of alkyl halides is 2. The van der Waals surface area contributed by atoms with E-state index in [9.17, 15) is 13.6 Å². The molecule has 0 fully saturated rings. The predicted molar refractivity (Wildman–Crippen MR) is 40.4 cm³/mol. The van der Waals surface area contributed by atoms with Gasteiger partial charge in [-0.3, -0.25) is 9.78 Å². The van der Waals surface area contributed by atoms with Gasteiger partial charge in [-0.2, -0.15) is 0 Å². The lowest BCUT2D eigenvalue weighted by Crippen LogP contribution is -2.21. The van der Waals surface area contributed by atoms with Crippen molar-refractivity contribution in [2.24, 2.45) is 0 Å². The molecule has 0 unspecified atom stereocenters. The van der Waals surface area contributed by atoms with Crippen LogP contribution in [0, 0.1) is 0 Å². The van der Waals surface area contributed by atoms with Gasteiger partial charge in [0, 0.05) is 19.4 Å². The molecule has 1 amide bonds. The predicted octanol–water partition coefficient (Wildman–Crippen LogP) is 0.774. The lowest BCUT2D eigenvalue weighted by molar-refractivity contribution is 0.0939. The van der Waals surface area contributed by atoms with Crippen molar-refractivity contribution in [1.29, 1.82) is 0 Å². The first-order chi connectivity index (χ1) is 6.16. The third-order valence-electron chi connectivity index (χ3n) is 1.38. The summed E-state index contributed by atoms with van der Waals surface area (Å²) in [5, 5.41) is 2.20.